The first-order chi connectivity index (χ1) is 49.6. The fraction of sp³-hybridized carbons (Fsp3) is 0.691. The van der Waals surface area contributed by atoms with E-state index in [1.54, 1.807) is 18.5 Å². The van der Waals surface area contributed by atoms with Crippen LogP contribution in [-0.4, -0.2) is 153 Å². The minimum Gasteiger partial charge on any atom is -0.481 e. The van der Waals surface area contributed by atoms with Crippen LogP contribution >= 0.6 is 0 Å². The maximum Gasteiger partial charge on any atom is 0.306 e. The summed E-state index contributed by atoms with van der Waals surface area (Å²) < 4.78 is 30.4. The van der Waals surface area contributed by atoms with Crippen LogP contribution in [-0.2, 0) is 19.4 Å². The molecule has 0 radical (unpaired) electrons. The van der Waals surface area contributed by atoms with Crippen molar-refractivity contribution in [2.24, 2.45) is 23.7 Å². The average Bonchev–Trinajstić information content (AvgIpc) is 1.63. The van der Waals surface area contributed by atoms with Gasteiger partial charge in [0.25, 0.3) is 0 Å². The van der Waals surface area contributed by atoms with E-state index in [9.17, 15) is 28.2 Å². The minimum absolute atomic E-state index is 0.183. The molecule has 7 aromatic heterocycles. The Morgan fingerprint density at radius 1 is 0.515 bits per heavy atom. The number of amides is 1. The lowest BCUT2D eigenvalue weighted by Crippen LogP contribution is -2.49. The summed E-state index contributed by atoms with van der Waals surface area (Å²) in [6.45, 7) is 21.7. The molecule has 6 fully saturated rings. The molecule has 0 aromatic carbocycles. The predicted octanol–water partition coefficient (Wildman–Crippen LogP) is 16.6. The molecule has 5 N–H and O–H groups in total. The fourth-order valence-corrected chi connectivity index (χ4v) is 17.8. The number of aliphatic hydroxyl groups excluding tert-OH is 1. The van der Waals surface area contributed by atoms with Gasteiger partial charge in [-0.15, -0.1) is 15.3 Å². The summed E-state index contributed by atoms with van der Waals surface area (Å²) in [5.41, 5.74) is 11.2. The summed E-state index contributed by atoms with van der Waals surface area (Å²) in [5, 5.41) is 44.6. The van der Waals surface area contributed by atoms with E-state index in [1.807, 2.05) is 10.7 Å². The third kappa shape index (κ3) is 19.8. The largest absolute Gasteiger partial charge is 0.481 e. The monoisotopic (exact) mass is 1430 g/mol. The van der Waals surface area contributed by atoms with E-state index < -0.39 is 15.8 Å². The van der Waals surface area contributed by atoms with Crippen LogP contribution in [0.2, 0.25) is 0 Å². The zero-order valence-electron chi connectivity index (χ0n) is 63.8. The van der Waals surface area contributed by atoms with Crippen LogP contribution in [0.25, 0.3) is 27.7 Å². The highest BCUT2D eigenvalue weighted by Gasteiger charge is 2.36. The molecule has 6 aliphatic rings. The Morgan fingerprint density at radius 3 is 1.38 bits per heavy atom. The van der Waals surface area contributed by atoms with Crippen molar-refractivity contribution in [3.63, 3.8) is 0 Å². The van der Waals surface area contributed by atoms with Crippen LogP contribution in [0.4, 0.5) is 17.8 Å². The van der Waals surface area contributed by atoms with Crippen molar-refractivity contribution in [2.75, 3.05) is 55.4 Å². The second-order valence-electron chi connectivity index (χ2n) is 32.4. The Bertz CT molecular complexity index is 3990. The SMILES string of the molecule is CCCCC[C@H](C)Nc1ncc2c(C3CCC(C(=O)N4CCN(C)CC4)CC3)cc(C3CCC(C)CC3)n2n1.CCCCC[C@H](C)Nc1ncc2c(C3CCC(C(=O)O)CC3)cc(C3CCC(C)CC3)n2n1.CC[C@H](C)Nc1ncc2c(-c3cncc(S(C)(=O)=O)c3)cc(C3CCC(O)CC3)n2n1. The van der Waals surface area contributed by atoms with Crippen molar-refractivity contribution in [1.82, 2.24) is 58.6 Å². The van der Waals surface area contributed by atoms with Crippen molar-refractivity contribution >= 4 is 56.1 Å². The maximum absolute atomic E-state index is 13.2. The van der Waals surface area contributed by atoms with E-state index in [-0.39, 0.29) is 34.8 Å². The molecule has 0 bridgehead atoms. The number of likely N-dealkylation sites (N-methyl/N-ethyl adjacent to an activating group) is 1. The molecule has 8 heterocycles. The van der Waals surface area contributed by atoms with Crippen LogP contribution < -0.4 is 16.0 Å². The topological polar surface area (TPSA) is 255 Å². The average molecular weight is 1440 g/mol. The van der Waals surface area contributed by atoms with Gasteiger partial charge in [0.05, 0.1) is 52.1 Å². The number of piperazine rings is 1. The minimum atomic E-state index is -3.37. The number of carboxylic acids is 1. The summed E-state index contributed by atoms with van der Waals surface area (Å²) >= 11 is 0. The number of nitrogens with one attached hydrogen (secondary N) is 3. The lowest BCUT2D eigenvalue weighted by molar-refractivity contribution is -0.143. The number of pyridine rings is 1. The first-order valence-corrected chi connectivity index (χ1v) is 42.0. The molecule has 1 aliphatic heterocycles. The molecule has 7 aromatic rings. The van der Waals surface area contributed by atoms with Gasteiger partial charge in [0.1, 0.15) is 0 Å². The van der Waals surface area contributed by atoms with Gasteiger partial charge in [-0.2, -0.15) is 0 Å². The third-order valence-corrected chi connectivity index (χ3v) is 25.3. The van der Waals surface area contributed by atoms with Crippen LogP contribution in [0.1, 0.15) is 299 Å². The normalized spacial score (nSPS) is 25.3. The van der Waals surface area contributed by atoms with E-state index in [4.69, 9.17) is 25.3 Å². The standard InChI is InChI=1S/C32H52N6O.C27H42N4O2.C22H29N5O3S/c1-5-6-7-8-24(3)34-32-33-22-30-28(21-29(38(30)35-32)26-11-9-23(2)10-12-26)25-13-15-27(16-14-25)31(39)37-19-17-36(4)18-20-37;1-4-5-6-7-19(3)29-27-28-17-25-23(20-12-14-22(15-13-20)26(32)33)16-24(31(25)30-27)21-10-8-18(2)9-11-21;1-4-14(2)25-22-24-13-21-19(16-9-18(12-23-11-16)31(3,29)30)10-20(27(21)26-22)15-5-7-17(28)8-6-15/h21-27H,5-20H2,1-4H3,(H,34,35);16-22H,4-15H2,1-3H3,(H,29,30)(H,32,33);9-15,17,28H,4-8H2,1-3H3,(H,25,26)/t23?,24-,25?,26?,27?;18?,19-,20?,21?,22?;14-,15?,17?/m000/s1. The number of sulfone groups is 1. The van der Waals surface area contributed by atoms with Gasteiger partial charge in [-0.25, -0.2) is 36.9 Å². The highest BCUT2D eigenvalue weighted by molar-refractivity contribution is 7.90. The number of carbonyl (C=O) groups is 2. The molecule has 3 atom stereocenters. The van der Waals surface area contributed by atoms with Crippen molar-refractivity contribution in [1.29, 1.82) is 0 Å². The first-order valence-electron chi connectivity index (χ1n) is 40.1. The van der Waals surface area contributed by atoms with Gasteiger partial charge in [0, 0.05) is 115 Å². The van der Waals surface area contributed by atoms with Gasteiger partial charge < -0.3 is 36.0 Å². The number of carboxylic acid groups (broad SMARTS) is 1. The Hall–Kier alpha value is -6.78. The lowest BCUT2D eigenvalue weighted by atomic mass is 9.77. The van der Waals surface area contributed by atoms with E-state index in [1.165, 1.54) is 130 Å². The summed E-state index contributed by atoms with van der Waals surface area (Å²) in [4.78, 5) is 47.5. The second-order valence-corrected chi connectivity index (χ2v) is 34.4. The molecule has 13 rings (SSSR count). The van der Waals surface area contributed by atoms with Crippen molar-refractivity contribution in [3.8, 4) is 11.1 Å². The molecule has 103 heavy (non-hydrogen) atoms. The lowest BCUT2D eigenvalue weighted by Gasteiger charge is -2.36. The maximum atomic E-state index is 13.2. The van der Waals surface area contributed by atoms with Crippen molar-refractivity contribution in [3.05, 3.63) is 83.5 Å². The van der Waals surface area contributed by atoms with Gasteiger partial charge >= 0.3 is 5.97 Å². The first kappa shape index (κ1) is 77.3. The summed E-state index contributed by atoms with van der Waals surface area (Å²) in [7, 11) is -1.22. The number of unbranched alkanes of at least 4 members (excludes halogenated alkanes) is 4. The van der Waals surface area contributed by atoms with E-state index in [0.717, 1.165) is 163 Å². The van der Waals surface area contributed by atoms with E-state index >= 15 is 0 Å². The van der Waals surface area contributed by atoms with Gasteiger partial charge in [0.15, 0.2) is 9.84 Å². The third-order valence-electron chi connectivity index (χ3n) is 24.2. The predicted molar refractivity (Wildman–Crippen MR) is 412 cm³/mol. The number of hydrogen-bond donors (Lipinski definition) is 5. The number of fused-ring (bicyclic) bond motifs is 3. The molecule has 5 saturated carbocycles. The Balaban J connectivity index is 0.000000156. The summed E-state index contributed by atoms with van der Waals surface area (Å²) in [6.07, 6.45) is 41.5. The highest BCUT2D eigenvalue weighted by Crippen LogP contribution is 2.46. The Kier molecular flexibility index (Phi) is 27.0. The summed E-state index contributed by atoms with van der Waals surface area (Å²) in [6, 6.07) is 9.57. The Morgan fingerprint density at radius 2 is 0.932 bits per heavy atom. The van der Waals surface area contributed by atoms with Crippen LogP contribution in [0.5, 0.6) is 0 Å². The number of aliphatic carboxylic acids is 1. The van der Waals surface area contributed by atoms with Crippen LogP contribution in [0.15, 0.2) is 60.1 Å². The number of hydrogen-bond acceptors (Lipinski definition) is 16. The van der Waals surface area contributed by atoms with Crippen molar-refractivity contribution < 1.29 is 28.2 Å². The molecular weight excluding hydrogens is 1310 g/mol. The molecular formula is C81H123N15O6S. The number of carbonyl (C=O) groups excluding carboxylic acids is 1. The van der Waals surface area contributed by atoms with Crippen LogP contribution in [0.3, 0.4) is 0 Å². The van der Waals surface area contributed by atoms with E-state index in [0.29, 0.717) is 59.1 Å². The van der Waals surface area contributed by atoms with Gasteiger partial charge in [-0.3, -0.25) is 14.6 Å². The number of aliphatic hydroxyl groups is 1. The van der Waals surface area contributed by atoms with Gasteiger partial charge in [-0.1, -0.05) is 98.8 Å². The Labute approximate surface area is 613 Å². The molecule has 5 aliphatic carbocycles. The molecule has 0 unspecified atom stereocenters. The number of rotatable bonds is 24. The molecule has 21 nitrogen and oxygen atoms in total. The quantitative estimate of drug-likeness (QED) is 0.0353. The summed E-state index contributed by atoms with van der Waals surface area (Å²) in [5.74, 6) is 5.71. The van der Waals surface area contributed by atoms with Crippen LogP contribution in [0, 0.1) is 23.7 Å². The zero-order chi connectivity index (χ0) is 72.9. The highest BCUT2D eigenvalue weighted by atomic mass is 32.2. The zero-order valence-corrected chi connectivity index (χ0v) is 64.7. The number of aromatic nitrogens is 10. The van der Waals surface area contributed by atoms with Crippen molar-refractivity contribution in [2.45, 2.75) is 300 Å². The number of anilines is 3. The van der Waals surface area contributed by atoms with Gasteiger partial charge in [-0.05, 0) is 209 Å². The molecule has 1 amide bonds. The number of nitrogens with zero attached hydrogens (tertiary/aromatic N) is 12. The second kappa shape index (κ2) is 36.0. The van der Waals surface area contributed by atoms with E-state index in [2.05, 4.69) is 132 Å². The fourth-order valence-electron chi connectivity index (χ4n) is 17.2. The molecule has 1 saturated heterocycles. The molecule has 0 spiro atoms. The van der Waals surface area contributed by atoms with Gasteiger partial charge in [0.2, 0.25) is 23.8 Å². The molecule has 22 heteroatoms. The smallest absolute Gasteiger partial charge is 0.306 e. The molecule has 564 valence electrons.